The molecule has 150 valence electrons. The van der Waals surface area contributed by atoms with Crippen molar-refractivity contribution < 1.29 is 4.42 Å². The molecule has 0 saturated carbocycles. The van der Waals surface area contributed by atoms with Gasteiger partial charge in [0.15, 0.2) is 4.96 Å². The summed E-state index contributed by atoms with van der Waals surface area (Å²) in [6, 6.07) is 8.85. The number of anilines is 1. The summed E-state index contributed by atoms with van der Waals surface area (Å²) in [7, 11) is 0. The van der Waals surface area contributed by atoms with Crippen LogP contribution in [0.1, 0.15) is 25.6 Å². The van der Waals surface area contributed by atoms with Gasteiger partial charge >= 0.3 is 5.63 Å². The first kappa shape index (κ1) is 18.4. The van der Waals surface area contributed by atoms with Crippen LogP contribution in [-0.2, 0) is 6.42 Å². The van der Waals surface area contributed by atoms with Gasteiger partial charge in [-0.1, -0.05) is 6.92 Å². The second-order valence-corrected chi connectivity index (χ2v) is 9.00. The summed E-state index contributed by atoms with van der Waals surface area (Å²) >= 11 is 1.65. The topological polar surface area (TPSA) is 62.8 Å². The molecule has 1 aliphatic rings. The zero-order valence-electron chi connectivity index (χ0n) is 16.8. The van der Waals surface area contributed by atoms with Gasteiger partial charge in [-0.15, -0.1) is 11.3 Å². The number of aryl methyl sites for hydroxylation is 1. The third-order valence-electron chi connectivity index (χ3n) is 5.47. The van der Waals surface area contributed by atoms with Crippen molar-refractivity contribution in [3.63, 3.8) is 0 Å². The first-order valence-corrected chi connectivity index (χ1v) is 10.9. The molecule has 0 amide bonds. The van der Waals surface area contributed by atoms with Crippen LogP contribution in [0.5, 0.6) is 0 Å². The number of fused-ring (bicyclic) bond motifs is 2. The Labute approximate surface area is 172 Å². The number of piperazine rings is 1. The van der Waals surface area contributed by atoms with E-state index in [2.05, 4.69) is 48.2 Å². The third kappa shape index (κ3) is 3.34. The highest BCUT2D eigenvalue weighted by Gasteiger charge is 2.22. The van der Waals surface area contributed by atoms with Crippen LogP contribution in [0.2, 0.25) is 0 Å². The van der Waals surface area contributed by atoms with E-state index in [0.29, 0.717) is 28.9 Å². The van der Waals surface area contributed by atoms with E-state index in [1.54, 1.807) is 11.3 Å². The van der Waals surface area contributed by atoms with Crippen molar-refractivity contribution in [3.05, 3.63) is 52.0 Å². The van der Waals surface area contributed by atoms with Gasteiger partial charge < -0.3 is 14.6 Å². The van der Waals surface area contributed by atoms with E-state index in [0.717, 1.165) is 35.5 Å². The summed E-state index contributed by atoms with van der Waals surface area (Å²) in [4.78, 5) is 21.9. The van der Waals surface area contributed by atoms with Crippen molar-refractivity contribution in [1.29, 1.82) is 0 Å². The van der Waals surface area contributed by atoms with E-state index in [-0.39, 0.29) is 5.63 Å². The molecule has 6 nitrogen and oxygen atoms in total. The summed E-state index contributed by atoms with van der Waals surface area (Å²) in [6.07, 6.45) is 4.95. The smallest absolute Gasteiger partial charge is 0.345 e. The molecule has 2 atom stereocenters. The van der Waals surface area contributed by atoms with Gasteiger partial charge in [0.05, 0.1) is 11.3 Å². The molecule has 1 aromatic carbocycles. The molecule has 0 radical (unpaired) electrons. The Bertz CT molecular complexity index is 1210. The largest absolute Gasteiger partial charge is 0.422 e. The van der Waals surface area contributed by atoms with E-state index in [4.69, 9.17) is 4.42 Å². The van der Waals surface area contributed by atoms with Crippen molar-refractivity contribution in [2.75, 3.05) is 18.0 Å². The number of imidazole rings is 1. The fourth-order valence-electron chi connectivity index (χ4n) is 4.15. The van der Waals surface area contributed by atoms with Gasteiger partial charge in [0.1, 0.15) is 5.58 Å². The first-order valence-electron chi connectivity index (χ1n) is 10.1. The maximum absolute atomic E-state index is 12.7. The summed E-state index contributed by atoms with van der Waals surface area (Å²) in [5, 5.41) is 4.45. The number of thiazole rings is 1. The molecule has 7 heteroatoms. The highest BCUT2D eigenvalue weighted by molar-refractivity contribution is 7.17. The predicted octanol–water partition coefficient (Wildman–Crippen LogP) is 3.92. The fourth-order valence-corrected chi connectivity index (χ4v) is 5.05. The molecule has 4 heterocycles. The summed E-state index contributed by atoms with van der Waals surface area (Å²) in [6.45, 7) is 8.37. The maximum atomic E-state index is 12.7. The van der Waals surface area contributed by atoms with Crippen LogP contribution < -0.4 is 15.8 Å². The molecule has 4 aromatic rings. The minimum Gasteiger partial charge on any atom is -0.422 e. The van der Waals surface area contributed by atoms with Crippen LogP contribution in [-0.4, -0.2) is 34.6 Å². The highest BCUT2D eigenvalue weighted by Crippen LogP contribution is 2.27. The average molecular weight is 409 g/mol. The van der Waals surface area contributed by atoms with E-state index >= 15 is 0 Å². The maximum Gasteiger partial charge on any atom is 0.345 e. The molecule has 0 aliphatic carbocycles. The lowest BCUT2D eigenvalue weighted by Crippen LogP contribution is -2.54. The molecule has 0 spiro atoms. The van der Waals surface area contributed by atoms with Gasteiger partial charge in [-0.2, -0.15) is 0 Å². The molecule has 5 rings (SSSR count). The molecule has 2 unspecified atom stereocenters. The van der Waals surface area contributed by atoms with Crippen LogP contribution in [0.3, 0.4) is 0 Å². The standard InChI is InChI=1S/C22H24N4O2S/c1-4-17-11-26-12-19(24-22(26)29-17)18-7-15-5-6-16(8-20(15)28-21(18)27)25-9-13(2)23-14(3)10-25/h5-8,11-14,23H,4,9-10H2,1-3H3. The van der Waals surface area contributed by atoms with Crippen LogP contribution >= 0.6 is 11.3 Å². The summed E-state index contributed by atoms with van der Waals surface area (Å²) in [5.74, 6) is 0. The first-order chi connectivity index (χ1) is 14.0. The lowest BCUT2D eigenvalue weighted by molar-refractivity contribution is 0.407. The summed E-state index contributed by atoms with van der Waals surface area (Å²) < 4.78 is 7.69. The van der Waals surface area contributed by atoms with Gasteiger partial charge in [-0.25, -0.2) is 9.78 Å². The average Bonchev–Trinajstić information content (AvgIpc) is 3.25. The van der Waals surface area contributed by atoms with Crippen molar-refractivity contribution in [1.82, 2.24) is 14.7 Å². The number of nitrogens with zero attached hydrogens (tertiary/aromatic N) is 3. The minimum atomic E-state index is -0.349. The highest BCUT2D eigenvalue weighted by atomic mass is 32.1. The van der Waals surface area contributed by atoms with Crippen molar-refractivity contribution >= 4 is 33.0 Å². The van der Waals surface area contributed by atoms with E-state index in [9.17, 15) is 4.79 Å². The van der Waals surface area contributed by atoms with Gasteiger partial charge in [0, 0.05) is 59.6 Å². The number of hydrogen-bond acceptors (Lipinski definition) is 6. The molecule has 0 bridgehead atoms. The molecule has 1 aliphatic heterocycles. The van der Waals surface area contributed by atoms with E-state index in [1.165, 1.54) is 4.88 Å². The van der Waals surface area contributed by atoms with Crippen LogP contribution in [0.15, 0.2) is 45.9 Å². The van der Waals surface area contributed by atoms with Crippen molar-refractivity contribution in [2.45, 2.75) is 39.3 Å². The molecule has 1 fully saturated rings. The number of aromatic nitrogens is 2. The van der Waals surface area contributed by atoms with Crippen LogP contribution in [0.4, 0.5) is 5.69 Å². The summed E-state index contributed by atoms with van der Waals surface area (Å²) in [5.41, 5.74) is 2.51. The Morgan fingerprint density at radius 3 is 2.72 bits per heavy atom. The lowest BCUT2D eigenvalue weighted by atomic mass is 10.1. The Balaban J connectivity index is 1.52. The second kappa shape index (κ2) is 7.00. The lowest BCUT2D eigenvalue weighted by Gasteiger charge is -2.37. The molecular weight excluding hydrogens is 384 g/mol. The van der Waals surface area contributed by atoms with Crippen molar-refractivity contribution in [2.24, 2.45) is 0 Å². The van der Waals surface area contributed by atoms with Gasteiger partial charge in [0.2, 0.25) is 0 Å². The van der Waals surface area contributed by atoms with E-state index < -0.39 is 0 Å². The Kier molecular flexibility index (Phi) is 4.44. The Hall–Kier alpha value is -2.64. The molecular formula is C22H24N4O2S. The number of nitrogens with one attached hydrogen (secondary N) is 1. The molecule has 3 aromatic heterocycles. The molecule has 29 heavy (non-hydrogen) atoms. The zero-order valence-corrected chi connectivity index (χ0v) is 17.6. The van der Waals surface area contributed by atoms with Gasteiger partial charge in [-0.3, -0.25) is 4.40 Å². The number of hydrogen-bond donors (Lipinski definition) is 1. The zero-order chi connectivity index (χ0) is 20.1. The Morgan fingerprint density at radius 2 is 2.00 bits per heavy atom. The quantitative estimate of drug-likeness (QED) is 0.521. The van der Waals surface area contributed by atoms with Crippen molar-refractivity contribution in [3.8, 4) is 11.3 Å². The second-order valence-electron chi connectivity index (χ2n) is 7.91. The van der Waals surface area contributed by atoms with Crippen LogP contribution in [0.25, 0.3) is 27.2 Å². The third-order valence-corrected chi connectivity index (χ3v) is 6.61. The monoisotopic (exact) mass is 408 g/mol. The van der Waals surface area contributed by atoms with Crippen LogP contribution in [0, 0.1) is 0 Å². The minimum absolute atomic E-state index is 0.349. The normalized spacial score (nSPS) is 20.0. The fraction of sp³-hybridized carbons (Fsp3) is 0.364. The molecule has 1 saturated heterocycles. The molecule has 1 N–H and O–H groups in total. The predicted molar refractivity (Wildman–Crippen MR) is 118 cm³/mol. The van der Waals surface area contributed by atoms with Gasteiger partial charge in [0.25, 0.3) is 0 Å². The SMILES string of the molecule is CCc1cn2cc(-c3cc4ccc(N5CC(C)NC(C)C5)cc4oc3=O)nc2s1. The number of benzene rings is 1. The van der Waals surface area contributed by atoms with E-state index in [1.807, 2.05) is 28.8 Å². The number of rotatable bonds is 3. The van der Waals surface area contributed by atoms with Gasteiger partial charge in [-0.05, 0) is 38.5 Å². The Morgan fingerprint density at radius 1 is 1.21 bits per heavy atom.